The van der Waals surface area contributed by atoms with Gasteiger partial charge in [0.05, 0.1) is 12.2 Å². The van der Waals surface area contributed by atoms with Crippen molar-refractivity contribution in [3.05, 3.63) is 70.5 Å². The highest BCUT2D eigenvalue weighted by Gasteiger charge is 2.35. The Hall–Kier alpha value is -2.87. The van der Waals surface area contributed by atoms with E-state index in [-0.39, 0.29) is 17.5 Å². The van der Waals surface area contributed by atoms with Gasteiger partial charge in [0.25, 0.3) is 0 Å². The van der Waals surface area contributed by atoms with Crippen LogP contribution in [0.1, 0.15) is 35.1 Å². The molecule has 0 bridgehead atoms. The van der Waals surface area contributed by atoms with Crippen LogP contribution < -0.4 is 5.32 Å². The maximum Gasteiger partial charge on any atom is 0.407 e. The maximum absolute atomic E-state index is 14.0. The fourth-order valence-electron chi connectivity index (χ4n) is 3.43. The van der Waals surface area contributed by atoms with Crippen molar-refractivity contribution in [1.29, 1.82) is 5.26 Å². The molecule has 25 heavy (non-hydrogen) atoms. The van der Waals surface area contributed by atoms with Crippen molar-refractivity contribution in [3.8, 4) is 6.07 Å². The van der Waals surface area contributed by atoms with E-state index >= 15 is 0 Å². The van der Waals surface area contributed by atoms with Gasteiger partial charge < -0.3 is 10.1 Å². The Labute approximate surface area is 146 Å². The van der Waals surface area contributed by atoms with Crippen LogP contribution in [0.15, 0.2) is 42.5 Å². The Balaban J connectivity index is 1.93. The first-order valence-electron chi connectivity index (χ1n) is 8.32. The molecular weight excluding hydrogens is 319 g/mol. The van der Waals surface area contributed by atoms with E-state index < -0.39 is 11.9 Å². The van der Waals surface area contributed by atoms with Crippen LogP contribution in [0.5, 0.6) is 0 Å². The number of carbonyl (C=O) groups is 1. The van der Waals surface area contributed by atoms with Gasteiger partial charge in [-0.2, -0.15) is 5.26 Å². The van der Waals surface area contributed by atoms with Crippen LogP contribution in [0.3, 0.4) is 0 Å². The number of halogens is 1. The summed E-state index contributed by atoms with van der Waals surface area (Å²) in [5.74, 6) is -0.550. The number of alkyl carbamates (subject to hydrolysis) is 1. The lowest BCUT2D eigenvalue weighted by Crippen LogP contribution is -2.38. The topological polar surface area (TPSA) is 62.1 Å². The molecule has 2 atom stereocenters. The molecule has 0 fully saturated rings. The third-order valence-corrected chi connectivity index (χ3v) is 4.55. The summed E-state index contributed by atoms with van der Waals surface area (Å²) in [6, 6.07) is 14.7. The second-order valence-electron chi connectivity index (χ2n) is 6.11. The summed E-state index contributed by atoms with van der Waals surface area (Å²) in [5.41, 5.74) is 2.91. The Morgan fingerprint density at radius 3 is 2.80 bits per heavy atom. The van der Waals surface area contributed by atoms with E-state index in [0.29, 0.717) is 19.4 Å². The van der Waals surface area contributed by atoms with Crippen LogP contribution in [0, 0.1) is 17.1 Å². The highest BCUT2D eigenvalue weighted by molar-refractivity contribution is 5.68. The Bertz CT molecular complexity index is 814. The smallest absolute Gasteiger partial charge is 0.407 e. The molecule has 4 nitrogen and oxygen atoms in total. The van der Waals surface area contributed by atoms with Crippen LogP contribution in [0.4, 0.5) is 9.18 Å². The number of benzene rings is 2. The molecule has 1 N–H and O–H groups in total. The number of nitrogens with one attached hydrogen (secondary N) is 1. The first-order chi connectivity index (χ1) is 12.1. The predicted molar refractivity (Wildman–Crippen MR) is 91.7 cm³/mol. The van der Waals surface area contributed by atoms with E-state index in [0.717, 1.165) is 16.7 Å². The minimum atomic E-state index is -0.517. The number of rotatable bonds is 4. The van der Waals surface area contributed by atoms with Crippen molar-refractivity contribution >= 4 is 6.09 Å². The molecule has 0 saturated heterocycles. The number of nitrogens with zero attached hydrogens (tertiary/aromatic N) is 1. The van der Waals surface area contributed by atoms with Crippen LogP contribution in [0.25, 0.3) is 0 Å². The fraction of sp³-hybridized carbons (Fsp3) is 0.300. The van der Waals surface area contributed by atoms with Gasteiger partial charge in [-0.25, -0.2) is 9.18 Å². The normalized spacial score (nSPS) is 18.3. The summed E-state index contributed by atoms with van der Waals surface area (Å²) in [5, 5.41) is 12.0. The molecule has 1 amide bonds. The number of carbonyl (C=O) groups excluding carboxylic acids is 1. The molecular formula is C20H19FN2O2. The zero-order valence-corrected chi connectivity index (χ0v) is 14.0. The SMILES string of the molecule is CCOC(=O)NC1Cc2cc(F)c(C#N)cc2C1Cc1ccccc1. The van der Waals surface area contributed by atoms with Crippen LogP contribution in [-0.2, 0) is 17.6 Å². The van der Waals surface area contributed by atoms with Crippen LogP contribution >= 0.6 is 0 Å². The van der Waals surface area contributed by atoms with Gasteiger partial charge in [-0.1, -0.05) is 30.3 Å². The minimum absolute atomic E-state index is 0.0329. The Kier molecular flexibility index (Phi) is 4.99. The van der Waals surface area contributed by atoms with Gasteiger partial charge in [-0.15, -0.1) is 0 Å². The largest absolute Gasteiger partial charge is 0.450 e. The summed E-state index contributed by atoms with van der Waals surface area (Å²) in [6.07, 6.45) is 0.745. The molecule has 2 unspecified atom stereocenters. The highest BCUT2D eigenvalue weighted by atomic mass is 19.1. The number of hydrogen-bond acceptors (Lipinski definition) is 3. The van der Waals surface area contributed by atoms with E-state index in [1.807, 2.05) is 36.4 Å². The lowest BCUT2D eigenvalue weighted by atomic mass is 9.90. The predicted octanol–water partition coefficient (Wildman–Crippen LogP) is 3.69. The third-order valence-electron chi connectivity index (χ3n) is 4.55. The van der Waals surface area contributed by atoms with Crippen LogP contribution in [-0.4, -0.2) is 18.7 Å². The molecule has 0 aliphatic heterocycles. The summed E-state index contributed by atoms with van der Waals surface area (Å²) in [6.45, 7) is 2.04. The average Bonchev–Trinajstić information content (AvgIpc) is 2.91. The second kappa shape index (κ2) is 7.35. The van der Waals surface area contributed by atoms with E-state index in [4.69, 9.17) is 10.00 Å². The number of amides is 1. The first kappa shape index (κ1) is 17.0. The van der Waals surface area contributed by atoms with Crippen molar-refractivity contribution in [2.24, 2.45) is 0 Å². The Morgan fingerprint density at radius 2 is 2.12 bits per heavy atom. The highest BCUT2D eigenvalue weighted by Crippen LogP contribution is 2.37. The number of fused-ring (bicyclic) bond motifs is 1. The molecule has 2 aromatic carbocycles. The van der Waals surface area contributed by atoms with Crippen molar-refractivity contribution in [2.75, 3.05) is 6.61 Å². The molecule has 128 valence electrons. The zero-order valence-electron chi connectivity index (χ0n) is 14.0. The second-order valence-corrected chi connectivity index (χ2v) is 6.11. The lowest BCUT2D eigenvalue weighted by molar-refractivity contribution is 0.147. The minimum Gasteiger partial charge on any atom is -0.450 e. The van der Waals surface area contributed by atoms with Gasteiger partial charge in [0, 0.05) is 12.0 Å². The van der Waals surface area contributed by atoms with Gasteiger partial charge in [-0.3, -0.25) is 0 Å². The first-order valence-corrected chi connectivity index (χ1v) is 8.32. The van der Waals surface area contributed by atoms with Crippen molar-refractivity contribution < 1.29 is 13.9 Å². The fourth-order valence-corrected chi connectivity index (χ4v) is 3.43. The standard InChI is InChI=1S/C20H19FN2O2/c1-2-25-20(24)23-19-11-14-10-18(21)15(12-22)9-16(14)17(19)8-13-6-4-3-5-7-13/h3-7,9-10,17,19H,2,8,11H2,1H3,(H,23,24). The van der Waals surface area contributed by atoms with Crippen molar-refractivity contribution in [1.82, 2.24) is 5.32 Å². The van der Waals surface area contributed by atoms with Crippen molar-refractivity contribution in [2.45, 2.75) is 31.7 Å². The summed E-state index contributed by atoms with van der Waals surface area (Å²) >= 11 is 0. The summed E-state index contributed by atoms with van der Waals surface area (Å²) < 4.78 is 19.0. The van der Waals surface area contributed by atoms with Gasteiger partial charge >= 0.3 is 6.09 Å². The molecule has 0 aromatic heterocycles. The molecule has 5 heteroatoms. The monoisotopic (exact) mass is 338 g/mol. The third kappa shape index (κ3) is 3.63. The maximum atomic E-state index is 14.0. The molecule has 0 spiro atoms. The molecule has 3 rings (SSSR count). The molecule has 1 aliphatic rings. The molecule has 2 aromatic rings. The summed E-state index contributed by atoms with van der Waals surface area (Å²) in [4.78, 5) is 11.9. The Morgan fingerprint density at radius 1 is 1.36 bits per heavy atom. The number of hydrogen-bond donors (Lipinski definition) is 1. The average molecular weight is 338 g/mol. The van der Waals surface area contributed by atoms with E-state index in [9.17, 15) is 9.18 Å². The molecule has 0 saturated carbocycles. The van der Waals surface area contributed by atoms with E-state index in [2.05, 4.69) is 5.32 Å². The zero-order chi connectivity index (χ0) is 17.8. The van der Waals surface area contributed by atoms with E-state index in [1.54, 1.807) is 13.0 Å². The lowest BCUT2D eigenvalue weighted by Gasteiger charge is -2.22. The van der Waals surface area contributed by atoms with Gasteiger partial charge in [-0.05, 0) is 48.6 Å². The van der Waals surface area contributed by atoms with Gasteiger partial charge in [0.1, 0.15) is 11.9 Å². The summed E-state index contributed by atoms with van der Waals surface area (Å²) in [7, 11) is 0. The molecule has 0 heterocycles. The quantitative estimate of drug-likeness (QED) is 0.925. The van der Waals surface area contributed by atoms with E-state index in [1.165, 1.54) is 6.07 Å². The van der Waals surface area contributed by atoms with Gasteiger partial charge in [0.15, 0.2) is 0 Å². The number of ether oxygens (including phenoxy) is 1. The van der Waals surface area contributed by atoms with Crippen LogP contribution in [0.2, 0.25) is 0 Å². The van der Waals surface area contributed by atoms with Gasteiger partial charge in [0.2, 0.25) is 0 Å². The molecule has 1 aliphatic carbocycles. The van der Waals surface area contributed by atoms with Crippen molar-refractivity contribution in [3.63, 3.8) is 0 Å². The number of nitriles is 1. The molecule has 0 radical (unpaired) electrons.